The first kappa shape index (κ1) is 52.4. The standard InChI is InChI=1S/C44H65N7O13/c1-25(2)15-13-11-9-7-8-10-12-14-16-36(54)49(5)34(24-52)42(59)46-26(3)40(57)45-23-37(55)50(6)38-29-17-18-35(53)30(22-29)31-19-28(21-33(39(31)56)51(63)64)20-32(44(61)62)48-41(58)27(4)47-43(38)60/h17-19,21-22,25-27,32,34,38,52-53,56,63-64H,7-16,20,23-24H2,1-6H3,(H,45,57)(H,46,59)(H,47,60)(H,48,58)(H,61,62)/p-1/t26-,27+,32?,34-,38?/m1/s1. The highest BCUT2D eigenvalue weighted by Gasteiger charge is 2.34. The van der Waals surface area contributed by atoms with Gasteiger partial charge in [-0.25, -0.2) is 4.79 Å². The van der Waals surface area contributed by atoms with E-state index >= 15 is 0 Å². The molecule has 0 fully saturated rings. The summed E-state index contributed by atoms with van der Waals surface area (Å²) in [4.78, 5) is 94.1. The molecule has 2 aromatic carbocycles. The number of nitrogens with zero attached hydrogens (tertiary/aromatic N) is 3. The van der Waals surface area contributed by atoms with Gasteiger partial charge in [0.1, 0.15) is 36.0 Å². The van der Waals surface area contributed by atoms with Crippen molar-refractivity contribution in [2.45, 2.75) is 129 Å². The molecule has 0 aromatic heterocycles. The smallest absolute Gasteiger partial charge is 0.326 e. The first-order valence-corrected chi connectivity index (χ1v) is 21.6. The molecule has 64 heavy (non-hydrogen) atoms. The van der Waals surface area contributed by atoms with Gasteiger partial charge in [0, 0.05) is 32.5 Å². The molecule has 0 saturated carbocycles. The van der Waals surface area contributed by atoms with Crippen LogP contribution in [0.15, 0.2) is 30.3 Å². The second-order valence-corrected chi connectivity index (χ2v) is 16.7. The van der Waals surface area contributed by atoms with Crippen LogP contribution in [0, 0.1) is 5.92 Å². The lowest BCUT2D eigenvalue weighted by molar-refractivity contribution is -0.267. The van der Waals surface area contributed by atoms with E-state index in [1.165, 1.54) is 71.8 Å². The van der Waals surface area contributed by atoms with Gasteiger partial charge in [-0.3, -0.25) is 39.2 Å². The van der Waals surface area contributed by atoms with Crippen molar-refractivity contribution in [3.05, 3.63) is 41.5 Å². The number of likely N-dealkylation sites (N-methyl/N-ethyl adjacent to an activating group) is 2. The number of unbranched alkanes of at least 4 members (excludes halogenated alkanes) is 7. The van der Waals surface area contributed by atoms with Crippen molar-refractivity contribution in [1.29, 1.82) is 0 Å². The van der Waals surface area contributed by atoms with Crippen LogP contribution < -0.4 is 31.6 Å². The number of aliphatic hydroxyl groups is 1. The number of carbonyl (C=O) groups is 7. The molecule has 20 nitrogen and oxygen atoms in total. The number of fused-ring (bicyclic) bond motifs is 5. The van der Waals surface area contributed by atoms with Crippen LogP contribution in [0.5, 0.6) is 11.5 Å². The molecule has 0 aliphatic carbocycles. The molecule has 354 valence electrons. The minimum Gasteiger partial charge on any atom is -0.871 e. The number of amides is 6. The Balaban J connectivity index is 1.72. The van der Waals surface area contributed by atoms with Crippen molar-refractivity contribution in [2.24, 2.45) is 5.92 Å². The predicted octanol–water partition coefficient (Wildman–Crippen LogP) is 1.84. The second-order valence-electron chi connectivity index (χ2n) is 16.7. The summed E-state index contributed by atoms with van der Waals surface area (Å²) in [5, 5.41) is 73.0. The van der Waals surface area contributed by atoms with Gasteiger partial charge in [0.25, 0.3) is 0 Å². The van der Waals surface area contributed by atoms with Crippen LogP contribution in [-0.2, 0) is 40.0 Å². The van der Waals surface area contributed by atoms with E-state index in [4.69, 9.17) is 0 Å². The Morgan fingerprint density at radius 1 is 0.844 bits per heavy atom. The molecular formula is C44H64N7O13-. The molecule has 4 bridgehead atoms. The van der Waals surface area contributed by atoms with E-state index in [1.807, 2.05) is 0 Å². The summed E-state index contributed by atoms with van der Waals surface area (Å²) in [6.45, 7) is 5.60. The fourth-order valence-electron chi connectivity index (χ4n) is 7.30. The SMILES string of the molecule is CC(C)CCCCCCCCCCC(=O)N(C)[C@H](CO)C(=O)N[C@H](C)C(=O)NCC(=O)N(C)C1C(=O)N[C@@H](C)C(=O)NC(C(=O)O)Cc2cc(c([O-])c(N(O)O)c2)-c2cc1ccc2O. The highest BCUT2D eigenvalue weighted by atomic mass is 16.8. The molecule has 0 spiro atoms. The summed E-state index contributed by atoms with van der Waals surface area (Å²) in [6.07, 6.45) is 9.32. The van der Waals surface area contributed by atoms with Gasteiger partial charge in [0.05, 0.1) is 18.8 Å². The Morgan fingerprint density at radius 3 is 2.06 bits per heavy atom. The van der Waals surface area contributed by atoms with Gasteiger partial charge in [-0.15, -0.1) is 5.23 Å². The summed E-state index contributed by atoms with van der Waals surface area (Å²) in [5.74, 6) is -7.05. The maximum atomic E-state index is 13.9. The fraction of sp³-hybridized carbons (Fsp3) is 0.568. The summed E-state index contributed by atoms with van der Waals surface area (Å²) in [6, 6.07) is -1.42. The van der Waals surface area contributed by atoms with E-state index in [0.717, 1.165) is 47.6 Å². The number of aliphatic hydroxyl groups excluding tert-OH is 1. The lowest BCUT2D eigenvalue weighted by Gasteiger charge is -2.31. The summed E-state index contributed by atoms with van der Waals surface area (Å²) in [5.41, 5.74) is -1.27. The normalized spacial score (nSPS) is 17.2. The second kappa shape index (κ2) is 24.7. The fourth-order valence-corrected chi connectivity index (χ4v) is 7.30. The van der Waals surface area contributed by atoms with E-state index in [0.29, 0.717) is 12.3 Å². The van der Waals surface area contributed by atoms with E-state index in [1.54, 1.807) is 0 Å². The molecule has 2 unspecified atom stereocenters. The number of nitrogens with one attached hydrogen (secondary N) is 4. The quantitative estimate of drug-likeness (QED) is 0.0639. The zero-order valence-corrected chi connectivity index (χ0v) is 37.4. The van der Waals surface area contributed by atoms with Gasteiger partial charge in [-0.05, 0) is 61.1 Å². The van der Waals surface area contributed by atoms with Crippen molar-refractivity contribution in [2.75, 3.05) is 32.5 Å². The number of anilines is 1. The molecule has 0 radical (unpaired) electrons. The average molecular weight is 899 g/mol. The zero-order chi connectivity index (χ0) is 47.8. The van der Waals surface area contributed by atoms with Crippen molar-refractivity contribution >= 4 is 47.1 Å². The number of phenolic OH excluding ortho intramolecular Hbond substituents is 1. The maximum absolute atomic E-state index is 13.9. The monoisotopic (exact) mass is 898 g/mol. The highest BCUT2D eigenvalue weighted by molar-refractivity contribution is 5.96. The summed E-state index contributed by atoms with van der Waals surface area (Å²) in [7, 11) is 2.59. The van der Waals surface area contributed by atoms with Gasteiger partial charge >= 0.3 is 5.97 Å². The molecule has 0 saturated heterocycles. The Kier molecular flexibility index (Phi) is 20.2. The lowest BCUT2D eigenvalue weighted by Crippen LogP contribution is -2.55. The van der Waals surface area contributed by atoms with Crippen LogP contribution in [0.3, 0.4) is 0 Å². The Morgan fingerprint density at radius 2 is 1.47 bits per heavy atom. The van der Waals surface area contributed by atoms with Crippen molar-refractivity contribution < 1.29 is 64.4 Å². The molecule has 9 N–H and O–H groups in total. The van der Waals surface area contributed by atoms with Crippen LogP contribution in [0.1, 0.15) is 109 Å². The largest absolute Gasteiger partial charge is 0.871 e. The third kappa shape index (κ3) is 14.8. The van der Waals surface area contributed by atoms with Gasteiger partial charge in [0.2, 0.25) is 35.4 Å². The maximum Gasteiger partial charge on any atom is 0.326 e. The average Bonchev–Trinajstić information content (AvgIpc) is 3.23. The number of carbonyl (C=O) groups excluding carboxylic acids is 6. The van der Waals surface area contributed by atoms with Gasteiger partial charge in [-0.1, -0.05) is 83.1 Å². The first-order chi connectivity index (χ1) is 30.2. The van der Waals surface area contributed by atoms with Crippen LogP contribution >= 0.6 is 0 Å². The minimum absolute atomic E-state index is 0.00555. The number of hydrogen-bond donors (Lipinski definition) is 9. The molecule has 3 rings (SSSR count). The topological polar surface area (TPSA) is 302 Å². The van der Waals surface area contributed by atoms with Crippen molar-refractivity contribution in [1.82, 2.24) is 31.1 Å². The summed E-state index contributed by atoms with van der Waals surface area (Å²) < 4.78 is 0. The number of rotatable bonds is 21. The number of hydrogen-bond acceptors (Lipinski definition) is 13. The van der Waals surface area contributed by atoms with E-state index < -0.39 is 108 Å². The third-order valence-corrected chi connectivity index (χ3v) is 11.2. The van der Waals surface area contributed by atoms with E-state index in [9.17, 15) is 64.4 Å². The molecule has 1 aliphatic rings. The van der Waals surface area contributed by atoms with Gasteiger partial charge < -0.3 is 51.5 Å². The van der Waals surface area contributed by atoms with E-state index in [2.05, 4.69) is 35.1 Å². The number of benzene rings is 2. The first-order valence-electron chi connectivity index (χ1n) is 21.6. The van der Waals surface area contributed by atoms with Crippen LogP contribution in [-0.4, -0.2) is 128 Å². The lowest BCUT2D eigenvalue weighted by atomic mass is 9.93. The Hall–Kier alpha value is -5.99. The molecular weight excluding hydrogens is 835 g/mol. The van der Waals surface area contributed by atoms with Gasteiger partial charge in [0.15, 0.2) is 0 Å². The molecule has 6 amide bonds. The Bertz CT molecular complexity index is 1980. The molecule has 5 atom stereocenters. The third-order valence-electron chi connectivity index (χ3n) is 11.2. The molecule has 1 heterocycles. The Labute approximate surface area is 372 Å². The highest BCUT2D eigenvalue weighted by Crippen LogP contribution is 2.42. The summed E-state index contributed by atoms with van der Waals surface area (Å²) >= 11 is 0. The van der Waals surface area contributed by atoms with Crippen LogP contribution in [0.2, 0.25) is 0 Å². The number of carboxylic acid groups (broad SMARTS) is 1. The van der Waals surface area contributed by atoms with Crippen molar-refractivity contribution in [3.8, 4) is 22.6 Å². The van der Waals surface area contributed by atoms with Gasteiger partial charge in [-0.2, -0.15) is 0 Å². The number of aromatic hydroxyl groups is 1. The predicted molar refractivity (Wildman–Crippen MR) is 231 cm³/mol. The van der Waals surface area contributed by atoms with Crippen LogP contribution in [0.25, 0.3) is 11.1 Å². The minimum atomic E-state index is -1.63. The molecule has 20 heteroatoms. The molecule has 2 aromatic rings. The number of carboxylic acids is 1. The molecule has 1 aliphatic heterocycles. The van der Waals surface area contributed by atoms with Crippen molar-refractivity contribution in [3.63, 3.8) is 0 Å². The van der Waals surface area contributed by atoms with Crippen LogP contribution in [0.4, 0.5) is 5.69 Å². The zero-order valence-electron chi connectivity index (χ0n) is 37.4. The number of phenols is 1. The van der Waals surface area contributed by atoms with E-state index in [-0.39, 0.29) is 34.6 Å². The number of aliphatic carboxylic acids is 1.